The lowest BCUT2D eigenvalue weighted by Crippen LogP contribution is -2.42. The number of nitrogens with one attached hydrogen (secondary N) is 1. The Morgan fingerprint density at radius 3 is 3.00 bits per heavy atom. The van der Waals surface area contributed by atoms with Crippen LogP contribution < -0.4 is 5.32 Å². The van der Waals surface area contributed by atoms with Gasteiger partial charge in [0, 0.05) is 12.2 Å². The smallest absolute Gasteiger partial charge is 0.243 e. The summed E-state index contributed by atoms with van der Waals surface area (Å²) in [6.07, 6.45) is 2.14. The Kier molecular flexibility index (Phi) is 4.43. The number of hydrogen-bond donors (Lipinski definition) is 1. The number of aromatic nitrogens is 4. The molecule has 1 saturated heterocycles. The maximum Gasteiger partial charge on any atom is 0.243 e. The number of hydrogen-bond acceptors (Lipinski definition) is 5. The molecule has 3 rings (SSSR count). The average molecular weight is 301 g/mol. The summed E-state index contributed by atoms with van der Waals surface area (Å²) in [5, 5.41) is 15.0. The van der Waals surface area contributed by atoms with Gasteiger partial charge in [-0.3, -0.25) is 4.79 Å². The van der Waals surface area contributed by atoms with Crippen LogP contribution in [0.4, 0.5) is 0 Å². The Hall–Kier alpha value is -2.28. The van der Waals surface area contributed by atoms with Crippen molar-refractivity contribution in [1.82, 2.24) is 25.5 Å². The predicted molar refractivity (Wildman–Crippen MR) is 79.8 cm³/mol. The summed E-state index contributed by atoms with van der Waals surface area (Å²) < 4.78 is 5.56. The molecular formula is C15H19N5O2. The summed E-state index contributed by atoms with van der Waals surface area (Å²) in [5.74, 6) is 0.376. The zero-order valence-electron chi connectivity index (χ0n) is 12.5. The summed E-state index contributed by atoms with van der Waals surface area (Å²) in [6.45, 7) is 2.78. The third-order valence-corrected chi connectivity index (χ3v) is 3.68. The number of carbonyl (C=O) groups excluding carboxylic acids is 1. The van der Waals surface area contributed by atoms with Crippen LogP contribution in [0.15, 0.2) is 30.3 Å². The van der Waals surface area contributed by atoms with Gasteiger partial charge in [0.1, 0.15) is 6.54 Å². The number of amides is 1. The van der Waals surface area contributed by atoms with Crippen molar-refractivity contribution >= 4 is 5.91 Å². The molecule has 0 saturated carbocycles. The van der Waals surface area contributed by atoms with Gasteiger partial charge in [-0.15, -0.1) is 10.2 Å². The van der Waals surface area contributed by atoms with Crippen LogP contribution >= 0.6 is 0 Å². The lowest BCUT2D eigenvalue weighted by molar-refractivity contribution is -0.123. The maximum atomic E-state index is 12.0. The lowest BCUT2D eigenvalue weighted by atomic mass is 10.1. The first kappa shape index (κ1) is 14.6. The minimum Gasteiger partial charge on any atom is -0.376 e. The molecule has 0 spiro atoms. The third kappa shape index (κ3) is 3.48. The Balaban J connectivity index is 1.57. The van der Waals surface area contributed by atoms with Crippen molar-refractivity contribution in [2.75, 3.05) is 6.61 Å². The maximum absolute atomic E-state index is 12.0. The van der Waals surface area contributed by atoms with E-state index in [-0.39, 0.29) is 24.6 Å². The van der Waals surface area contributed by atoms with Gasteiger partial charge in [0.25, 0.3) is 0 Å². The minimum atomic E-state index is -0.139. The number of nitrogens with zero attached hydrogens (tertiary/aromatic N) is 4. The Labute approximate surface area is 128 Å². The van der Waals surface area contributed by atoms with Crippen LogP contribution in [0, 0.1) is 0 Å². The molecule has 1 aliphatic rings. The monoisotopic (exact) mass is 301 g/mol. The third-order valence-electron chi connectivity index (χ3n) is 3.68. The molecule has 1 amide bonds. The van der Waals surface area contributed by atoms with Crippen LogP contribution in [0.1, 0.15) is 19.8 Å². The van der Waals surface area contributed by atoms with Crippen LogP contribution in [0.3, 0.4) is 0 Å². The van der Waals surface area contributed by atoms with Crippen LogP contribution in [0.2, 0.25) is 0 Å². The van der Waals surface area contributed by atoms with E-state index in [1.807, 2.05) is 37.3 Å². The van der Waals surface area contributed by atoms with E-state index in [1.54, 1.807) is 0 Å². The zero-order valence-corrected chi connectivity index (χ0v) is 12.5. The summed E-state index contributed by atoms with van der Waals surface area (Å²) in [6, 6.07) is 9.54. The number of rotatable bonds is 5. The molecule has 0 bridgehead atoms. The van der Waals surface area contributed by atoms with Gasteiger partial charge in [-0.2, -0.15) is 4.80 Å². The van der Waals surface area contributed by atoms with Crippen LogP contribution in [0.25, 0.3) is 11.4 Å². The summed E-state index contributed by atoms with van der Waals surface area (Å²) in [5.41, 5.74) is 0.877. The van der Waals surface area contributed by atoms with Crippen molar-refractivity contribution in [3.05, 3.63) is 30.3 Å². The molecule has 0 unspecified atom stereocenters. The molecule has 7 nitrogen and oxygen atoms in total. The fraction of sp³-hybridized carbons (Fsp3) is 0.467. The highest BCUT2D eigenvalue weighted by molar-refractivity contribution is 5.75. The lowest BCUT2D eigenvalue weighted by Gasteiger charge is -2.19. The Morgan fingerprint density at radius 1 is 1.45 bits per heavy atom. The topological polar surface area (TPSA) is 81.9 Å². The fourth-order valence-electron chi connectivity index (χ4n) is 2.53. The van der Waals surface area contributed by atoms with E-state index >= 15 is 0 Å². The summed E-state index contributed by atoms with van der Waals surface area (Å²) >= 11 is 0. The molecule has 2 atom stereocenters. The standard InChI is InChI=1S/C15H19N5O2/c1-11(13-8-5-9-22-13)16-14(21)10-20-18-15(17-19-20)12-6-3-2-4-7-12/h2-4,6-7,11,13H,5,8-10H2,1H3,(H,16,21)/t11-,13-/m1/s1. The molecular weight excluding hydrogens is 282 g/mol. The van der Waals surface area contributed by atoms with Crippen LogP contribution in [-0.2, 0) is 16.1 Å². The zero-order chi connectivity index (χ0) is 15.4. The second kappa shape index (κ2) is 6.65. The normalized spacial score (nSPS) is 19.0. The van der Waals surface area contributed by atoms with E-state index in [2.05, 4.69) is 20.7 Å². The SMILES string of the molecule is C[C@@H](NC(=O)Cn1nnc(-c2ccccc2)n1)[C@H]1CCCO1. The van der Waals surface area contributed by atoms with Gasteiger partial charge < -0.3 is 10.1 Å². The highest BCUT2D eigenvalue weighted by Crippen LogP contribution is 2.15. The molecule has 1 aliphatic heterocycles. The summed E-state index contributed by atoms with van der Waals surface area (Å²) in [4.78, 5) is 13.3. The first-order chi connectivity index (χ1) is 10.7. The second-order valence-corrected chi connectivity index (χ2v) is 5.42. The molecule has 0 radical (unpaired) electrons. The molecule has 0 aliphatic carbocycles. The van der Waals surface area contributed by atoms with Gasteiger partial charge in [0.2, 0.25) is 11.7 Å². The van der Waals surface area contributed by atoms with E-state index < -0.39 is 0 Å². The molecule has 1 fully saturated rings. The van der Waals surface area contributed by atoms with Crippen molar-refractivity contribution in [3.8, 4) is 11.4 Å². The molecule has 116 valence electrons. The van der Waals surface area contributed by atoms with Crippen LogP contribution in [-0.4, -0.2) is 44.9 Å². The molecule has 1 aromatic carbocycles. The number of tetrazole rings is 1. The van der Waals surface area contributed by atoms with Crippen molar-refractivity contribution in [1.29, 1.82) is 0 Å². The minimum absolute atomic E-state index is 0.00730. The predicted octanol–water partition coefficient (Wildman–Crippen LogP) is 1.02. The van der Waals surface area contributed by atoms with E-state index in [0.29, 0.717) is 5.82 Å². The number of carbonyl (C=O) groups is 1. The average Bonchev–Trinajstić information content (AvgIpc) is 3.19. The molecule has 1 N–H and O–H groups in total. The largest absolute Gasteiger partial charge is 0.376 e. The highest BCUT2D eigenvalue weighted by Gasteiger charge is 2.23. The van der Waals surface area contributed by atoms with Crippen molar-refractivity contribution in [2.24, 2.45) is 0 Å². The summed E-state index contributed by atoms with van der Waals surface area (Å²) in [7, 11) is 0. The second-order valence-electron chi connectivity index (χ2n) is 5.42. The van der Waals surface area contributed by atoms with Gasteiger partial charge in [0.05, 0.1) is 12.1 Å². The van der Waals surface area contributed by atoms with E-state index in [1.165, 1.54) is 4.80 Å². The fourth-order valence-corrected chi connectivity index (χ4v) is 2.53. The van der Waals surface area contributed by atoms with Gasteiger partial charge in [-0.25, -0.2) is 0 Å². The molecule has 7 heteroatoms. The van der Waals surface area contributed by atoms with Gasteiger partial charge in [0.15, 0.2) is 0 Å². The number of ether oxygens (including phenoxy) is 1. The van der Waals surface area contributed by atoms with Gasteiger partial charge in [-0.05, 0) is 25.0 Å². The van der Waals surface area contributed by atoms with Crippen LogP contribution in [0.5, 0.6) is 0 Å². The number of benzene rings is 1. The van der Waals surface area contributed by atoms with Crippen molar-refractivity contribution < 1.29 is 9.53 Å². The van der Waals surface area contributed by atoms with Gasteiger partial charge in [-0.1, -0.05) is 30.3 Å². The Bertz CT molecular complexity index is 622. The van der Waals surface area contributed by atoms with E-state index in [4.69, 9.17) is 4.74 Å². The first-order valence-electron chi connectivity index (χ1n) is 7.46. The highest BCUT2D eigenvalue weighted by atomic mass is 16.5. The van der Waals surface area contributed by atoms with Crippen molar-refractivity contribution in [2.45, 2.75) is 38.5 Å². The van der Waals surface area contributed by atoms with Crippen molar-refractivity contribution in [3.63, 3.8) is 0 Å². The molecule has 2 aromatic rings. The van der Waals surface area contributed by atoms with E-state index in [9.17, 15) is 4.79 Å². The molecule has 1 aromatic heterocycles. The van der Waals surface area contributed by atoms with Gasteiger partial charge >= 0.3 is 0 Å². The molecule has 22 heavy (non-hydrogen) atoms. The quantitative estimate of drug-likeness (QED) is 0.891. The molecule has 2 heterocycles. The van der Waals surface area contributed by atoms with E-state index in [0.717, 1.165) is 25.0 Å². The first-order valence-corrected chi connectivity index (χ1v) is 7.46. The Morgan fingerprint density at radius 2 is 2.27 bits per heavy atom.